The molecular weight excluding hydrogens is 400 g/mol. The molecule has 0 atom stereocenters. The van der Waals surface area contributed by atoms with Gasteiger partial charge in [0.25, 0.3) is 5.91 Å². The largest absolute Gasteiger partial charge is 0.484 e. The zero-order chi connectivity index (χ0) is 20.9. The molecule has 0 radical (unpaired) electrons. The molecule has 0 unspecified atom stereocenters. The first kappa shape index (κ1) is 20.5. The van der Waals surface area contributed by atoms with Crippen LogP contribution in [0, 0.1) is 0 Å². The number of pyridine rings is 1. The summed E-state index contributed by atoms with van der Waals surface area (Å²) in [5.41, 5.74) is 1.49. The van der Waals surface area contributed by atoms with Crippen molar-refractivity contribution < 1.29 is 9.53 Å². The summed E-state index contributed by atoms with van der Waals surface area (Å²) < 4.78 is 5.73. The number of aromatic amines is 1. The van der Waals surface area contributed by atoms with Crippen molar-refractivity contribution in [3.8, 4) is 5.75 Å². The van der Waals surface area contributed by atoms with Gasteiger partial charge in [-0.3, -0.25) is 9.59 Å². The second-order valence-electron chi connectivity index (χ2n) is 7.76. The Labute approximate surface area is 180 Å². The van der Waals surface area contributed by atoms with Crippen LogP contribution in [0.1, 0.15) is 37.7 Å². The third kappa shape index (κ3) is 4.85. The molecule has 0 bridgehead atoms. The van der Waals surface area contributed by atoms with E-state index in [-0.39, 0.29) is 24.1 Å². The SMILES string of the molecule is O=C(COc1ccc(Cl)cc1)N(Cc1cc(=O)[nH]c2ccccc12)C1CCCCC1. The number of nitrogens with zero attached hydrogens (tertiary/aromatic N) is 1. The Balaban J connectivity index is 1.57. The van der Waals surface area contributed by atoms with E-state index in [4.69, 9.17) is 16.3 Å². The topological polar surface area (TPSA) is 62.4 Å². The number of rotatable bonds is 6. The van der Waals surface area contributed by atoms with Crippen LogP contribution in [0.15, 0.2) is 59.4 Å². The second-order valence-corrected chi connectivity index (χ2v) is 8.20. The van der Waals surface area contributed by atoms with Gasteiger partial charge in [-0.15, -0.1) is 0 Å². The maximum atomic E-state index is 13.2. The van der Waals surface area contributed by atoms with E-state index in [1.165, 1.54) is 6.42 Å². The minimum atomic E-state index is -0.155. The van der Waals surface area contributed by atoms with Gasteiger partial charge in [0.1, 0.15) is 5.75 Å². The van der Waals surface area contributed by atoms with Gasteiger partial charge in [-0.25, -0.2) is 0 Å². The number of amides is 1. The molecule has 2 aromatic carbocycles. The van der Waals surface area contributed by atoms with Gasteiger partial charge in [-0.1, -0.05) is 49.1 Å². The molecule has 1 aliphatic rings. The van der Waals surface area contributed by atoms with Crippen LogP contribution >= 0.6 is 11.6 Å². The molecule has 4 rings (SSSR count). The van der Waals surface area contributed by atoms with E-state index in [9.17, 15) is 9.59 Å². The number of benzene rings is 2. The first-order valence-corrected chi connectivity index (χ1v) is 10.8. The first-order valence-electron chi connectivity index (χ1n) is 10.4. The lowest BCUT2D eigenvalue weighted by atomic mass is 9.93. The smallest absolute Gasteiger partial charge is 0.261 e. The summed E-state index contributed by atoms with van der Waals surface area (Å²) in [7, 11) is 0. The van der Waals surface area contributed by atoms with Gasteiger partial charge < -0.3 is 14.6 Å². The number of carbonyl (C=O) groups is 1. The number of ether oxygens (including phenoxy) is 1. The fraction of sp³-hybridized carbons (Fsp3) is 0.333. The van der Waals surface area contributed by atoms with Gasteiger partial charge >= 0.3 is 0 Å². The number of aromatic nitrogens is 1. The average molecular weight is 425 g/mol. The van der Waals surface area contributed by atoms with Crippen LogP contribution in [0.4, 0.5) is 0 Å². The number of halogens is 1. The molecule has 1 heterocycles. The van der Waals surface area contributed by atoms with Crippen molar-refractivity contribution in [3.63, 3.8) is 0 Å². The minimum Gasteiger partial charge on any atom is -0.484 e. The number of para-hydroxylation sites is 1. The molecule has 1 fully saturated rings. The highest BCUT2D eigenvalue weighted by Gasteiger charge is 2.26. The van der Waals surface area contributed by atoms with Crippen molar-refractivity contribution in [1.29, 1.82) is 0 Å². The van der Waals surface area contributed by atoms with Crippen LogP contribution in [0.2, 0.25) is 5.02 Å². The predicted molar refractivity (Wildman–Crippen MR) is 119 cm³/mol. The number of carbonyl (C=O) groups excluding carboxylic acids is 1. The monoisotopic (exact) mass is 424 g/mol. The standard InChI is InChI=1S/C24H25ClN2O3/c25-18-10-12-20(13-11-18)30-16-24(29)27(19-6-2-1-3-7-19)15-17-14-23(28)26-22-9-5-4-8-21(17)22/h4-5,8-14,19H,1-3,6-7,15-16H2,(H,26,28). The van der Waals surface area contributed by atoms with Crippen LogP contribution < -0.4 is 10.3 Å². The van der Waals surface area contributed by atoms with Gasteiger partial charge in [-0.2, -0.15) is 0 Å². The highest BCUT2D eigenvalue weighted by molar-refractivity contribution is 6.30. The third-order valence-electron chi connectivity index (χ3n) is 5.69. The molecule has 0 saturated heterocycles. The fourth-order valence-electron chi connectivity index (χ4n) is 4.16. The number of hydrogen-bond acceptors (Lipinski definition) is 3. The Bertz CT molecular complexity index is 1070. The zero-order valence-electron chi connectivity index (χ0n) is 16.8. The van der Waals surface area contributed by atoms with Gasteiger partial charge in [-0.05, 0) is 48.7 Å². The van der Waals surface area contributed by atoms with E-state index in [2.05, 4.69) is 4.98 Å². The average Bonchev–Trinajstić information content (AvgIpc) is 2.77. The van der Waals surface area contributed by atoms with Crippen LogP contribution in [0.5, 0.6) is 5.75 Å². The Hall–Kier alpha value is -2.79. The lowest BCUT2D eigenvalue weighted by Crippen LogP contribution is -2.43. The molecule has 1 aliphatic carbocycles. The van der Waals surface area contributed by atoms with Crippen molar-refractivity contribution in [3.05, 3.63) is 75.5 Å². The molecule has 30 heavy (non-hydrogen) atoms. The molecule has 156 valence electrons. The number of fused-ring (bicyclic) bond motifs is 1. The third-order valence-corrected chi connectivity index (χ3v) is 5.94. The molecule has 3 aromatic rings. The van der Waals surface area contributed by atoms with Gasteiger partial charge in [0, 0.05) is 34.6 Å². The normalized spacial score (nSPS) is 14.6. The maximum absolute atomic E-state index is 13.2. The van der Waals surface area contributed by atoms with Crippen molar-refractivity contribution in [2.45, 2.75) is 44.7 Å². The van der Waals surface area contributed by atoms with E-state index in [0.29, 0.717) is 17.3 Å². The molecule has 1 saturated carbocycles. The van der Waals surface area contributed by atoms with Crippen LogP contribution in [0.25, 0.3) is 10.9 Å². The Morgan fingerprint density at radius 3 is 2.57 bits per heavy atom. The Kier molecular flexibility index (Phi) is 6.38. The molecule has 6 heteroatoms. The summed E-state index contributed by atoms with van der Waals surface area (Å²) in [6.07, 6.45) is 5.39. The fourth-order valence-corrected chi connectivity index (χ4v) is 4.29. The van der Waals surface area contributed by atoms with Gasteiger partial charge in [0.2, 0.25) is 5.56 Å². The molecule has 5 nitrogen and oxygen atoms in total. The summed E-state index contributed by atoms with van der Waals surface area (Å²) in [6.45, 7) is 0.358. The minimum absolute atomic E-state index is 0.0424. The van der Waals surface area contributed by atoms with Crippen LogP contribution in [-0.2, 0) is 11.3 Å². The van der Waals surface area contributed by atoms with Crippen LogP contribution in [-0.4, -0.2) is 28.4 Å². The quantitative estimate of drug-likeness (QED) is 0.610. The summed E-state index contributed by atoms with van der Waals surface area (Å²) in [4.78, 5) is 30.1. The predicted octanol–water partition coefficient (Wildman–Crippen LogP) is 4.92. The Morgan fingerprint density at radius 2 is 1.80 bits per heavy atom. The zero-order valence-corrected chi connectivity index (χ0v) is 17.5. The lowest BCUT2D eigenvalue weighted by Gasteiger charge is -2.34. The van der Waals surface area contributed by atoms with Crippen molar-refractivity contribution in [1.82, 2.24) is 9.88 Å². The molecule has 1 N–H and O–H groups in total. The highest BCUT2D eigenvalue weighted by Crippen LogP contribution is 2.26. The molecule has 0 spiro atoms. The van der Waals surface area contributed by atoms with Gasteiger partial charge in [0.15, 0.2) is 6.61 Å². The van der Waals surface area contributed by atoms with Crippen LogP contribution in [0.3, 0.4) is 0 Å². The summed E-state index contributed by atoms with van der Waals surface area (Å²) in [5, 5.41) is 1.59. The van der Waals surface area contributed by atoms with E-state index in [1.54, 1.807) is 30.3 Å². The van der Waals surface area contributed by atoms with E-state index in [1.807, 2.05) is 29.2 Å². The summed E-state index contributed by atoms with van der Waals surface area (Å²) in [5.74, 6) is 0.541. The van der Waals surface area contributed by atoms with E-state index < -0.39 is 0 Å². The van der Waals surface area contributed by atoms with Crippen molar-refractivity contribution in [2.24, 2.45) is 0 Å². The number of H-pyrrole nitrogens is 1. The van der Waals surface area contributed by atoms with Crippen molar-refractivity contribution in [2.75, 3.05) is 6.61 Å². The molecule has 1 amide bonds. The van der Waals surface area contributed by atoms with E-state index in [0.717, 1.165) is 42.1 Å². The highest BCUT2D eigenvalue weighted by atomic mass is 35.5. The maximum Gasteiger partial charge on any atom is 0.261 e. The Morgan fingerprint density at radius 1 is 1.07 bits per heavy atom. The van der Waals surface area contributed by atoms with Crippen molar-refractivity contribution >= 4 is 28.4 Å². The van der Waals surface area contributed by atoms with Gasteiger partial charge in [0.05, 0.1) is 0 Å². The lowest BCUT2D eigenvalue weighted by molar-refractivity contribution is -0.137. The van der Waals surface area contributed by atoms with E-state index >= 15 is 0 Å². The summed E-state index contributed by atoms with van der Waals surface area (Å²) in [6, 6.07) is 16.5. The second kappa shape index (κ2) is 9.35. The number of nitrogens with one attached hydrogen (secondary N) is 1. The molecule has 1 aromatic heterocycles. The number of hydrogen-bond donors (Lipinski definition) is 1. The first-order chi connectivity index (χ1) is 14.6. The molecule has 0 aliphatic heterocycles. The molecular formula is C24H25ClN2O3. The summed E-state index contributed by atoms with van der Waals surface area (Å²) >= 11 is 5.92.